The van der Waals surface area contributed by atoms with Crippen LogP contribution in [0.4, 0.5) is 0 Å². The summed E-state index contributed by atoms with van der Waals surface area (Å²) in [6, 6.07) is 0.429. The van der Waals surface area contributed by atoms with Gasteiger partial charge in [-0.15, -0.1) is 0 Å². The maximum absolute atomic E-state index is 11.0. The summed E-state index contributed by atoms with van der Waals surface area (Å²) in [6.07, 6.45) is 10.7. The first-order chi connectivity index (χ1) is 8.59. The molecule has 0 aromatic carbocycles. The molecule has 2 rings (SSSR count). The van der Waals surface area contributed by atoms with Gasteiger partial charge in [0.1, 0.15) is 0 Å². The minimum absolute atomic E-state index is 0.115. The lowest BCUT2D eigenvalue weighted by molar-refractivity contribution is -0.143. The third-order valence-electron chi connectivity index (χ3n) is 4.90. The Kier molecular flexibility index (Phi) is 4.66. The Hall–Kier alpha value is -0.570. The normalized spacial score (nSPS) is 32.1. The zero-order valence-corrected chi connectivity index (χ0v) is 11.6. The predicted octanol–water partition coefficient (Wildman–Crippen LogP) is 3.19. The van der Waals surface area contributed by atoms with Gasteiger partial charge in [0.15, 0.2) is 0 Å². The van der Waals surface area contributed by atoms with Gasteiger partial charge in [0.25, 0.3) is 0 Å². The molecule has 2 N–H and O–H groups in total. The molecule has 0 radical (unpaired) electrons. The van der Waals surface area contributed by atoms with Crippen LogP contribution in [0.25, 0.3) is 0 Å². The second-order valence-electron chi connectivity index (χ2n) is 6.65. The van der Waals surface area contributed by atoms with Crippen molar-refractivity contribution in [2.75, 3.05) is 6.54 Å². The summed E-state index contributed by atoms with van der Waals surface area (Å²) >= 11 is 0. The van der Waals surface area contributed by atoms with Gasteiger partial charge in [-0.3, -0.25) is 4.79 Å². The highest BCUT2D eigenvalue weighted by atomic mass is 16.4. The molecule has 0 bridgehead atoms. The fourth-order valence-electron chi connectivity index (χ4n) is 3.57. The van der Waals surface area contributed by atoms with Gasteiger partial charge in [-0.2, -0.15) is 0 Å². The number of hydrogen-bond donors (Lipinski definition) is 2. The first kappa shape index (κ1) is 13.9. The maximum Gasteiger partial charge on any atom is 0.306 e. The highest BCUT2D eigenvalue weighted by molar-refractivity contribution is 5.70. The Labute approximate surface area is 110 Å². The number of aliphatic carboxylic acids is 1. The lowest BCUT2D eigenvalue weighted by Crippen LogP contribution is -2.42. The molecule has 0 aromatic rings. The minimum atomic E-state index is -0.606. The van der Waals surface area contributed by atoms with Crippen LogP contribution in [0.3, 0.4) is 0 Å². The van der Waals surface area contributed by atoms with E-state index in [4.69, 9.17) is 5.11 Å². The highest BCUT2D eigenvalue weighted by Crippen LogP contribution is 2.35. The molecule has 0 heterocycles. The standard InChI is InChI=1S/C15H27NO2/c1-15(8-3-2-4-9-15)11-16-13-7-5-6-12(10-13)14(17)18/h12-13,16H,2-11H2,1H3,(H,17,18). The molecule has 18 heavy (non-hydrogen) atoms. The molecule has 3 nitrogen and oxygen atoms in total. The zero-order chi connectivity index (χ0) is 13.0. The molecule has 0 spiro atoms. The molecule has 2 unspecified atom stereocenters. The molecule has 0 aliphatic heterocycles. The number of rotatable bonds is 4. The Bertz CT molecular complexity index is 284. The lowest BCUT2D eigenvalue weighted by Gasteiger charge is -2.36. The van der Waals surface area contributed by atoms with Crippen molar-refractivity contribution in [3.8, 4) is 0 Å². The molecule has 0 saturated heterocycles. The van der Waals surface area contributed by atoms with Crippen molar-refractivity contribution in [1.82, 2.24) is 5.32 Å². The first-order valence-electron chi connectivity index (χ1n) is 7.55. The fourth-order valence-corrected chi connectivity index (χ4v) is 3.57. The first-order valence-corrected chi connectivity index (χ1v) is 7.55. The predicted molar refractivity (Wildman–Crippen MR) is 72.6 cm³/mol. The van der Waals surface area contributed by atoms with E-state index in [0.29, 0.717) is 11.5 Å². The lowest BCUT2D eigenvalue weighted by atomic mass is 9.75. The van der Waals surface area contributed by atoms with Crippen molar-refractivity contribution < 1.29 is 9.90 Å². The molecule has 104 valence electrons. The van der Waals surface area contributed by atoms with E-state index in [2.05, 4.69) is 12.2 Å². The second-order valence-corrected chi connectivity index (χ2v) is 6.65. The summed E-state index contributed by atoms with van der Waals surface area (Å²) < 4.78 is 0. The Balaban J connectivity index is 1.77. The summed E-state index contributed by atoms with van der Waals surface area (Å²) in [6.45, 7) is 3.46. The van der Waals surface area contributed by atoms with Crippen molar-refractivity contribution in [3.63, 3.8) is 0 Å². The molecule has 0 aromatic heterocycles. The van der Waals surface area contributed by atoms with E-state index in [9.17, 15) is 4.79 Å². The van der Waals surface area contributed by atoms with Crippen LogP contribution in [0.1, 0.15) is 64.7 Å². The molecule has 2 aliphatic rings. The Morgan fingerprint density at radius 1 is 1.22 bits per heavy atom. The van der Waals surface area contributed by atoms with Gasteiger partial charge in [-0.25, -0.2) is 0 Å². The number of carbonyl (C=O) groups is 1. The maximum atomic E-state index is 11.0. The molecule has 2 saturated carbocycles. The van der Waals surface area contributed by atoms with Gasteiger partial charge >= 0.3 is 5.97 Å². The van der Waals surface area contributed by atoms with Crippen LogP contribution in [0.15, 0.2) is 0 Å². The van der Waals surface area contributed by atoms with Crippen LogP contribution in [0, 0.1) is 11.3 Å². The molecular formula is C15H27NO2. The van der Waals surface area contributed by atoms with Crippen molar-refractivity contribution in [2.24, 2.45) is 11.3 Å². The third kappa shape index (κ3) is 3.71. The van der Waals surface area contributed by atoms with E-state index in [-0.39, 0.29) is 5.92 Å². The number of carboxylic acids is 1. The van der Waals surface area contributed by atoms with Gasteiger partial charge in [0.05, 0.1) is 5.92 Å². The van der Waals surface area contributed by atoms with Gasteiger partial charge < -0.3 is 10.4 Å². The van der Waals surface area contributed by atoms with E-state index < -0.39 is 5.97 Å². The van der Waals surface area contributed by atoms with Crippen LogP contribution >= 0.6 is 0 Å². The molecule has 2 atom stereocenters. The summed E-state index contributed by atoms with van der Waals surface area (Å²) in [7, 11) is 0. The van der Waals surface area contributed by atoms with Crippen molar-refractivity contribution in [3.05, 3.63) is 0 Å². The topological polar surface area (TPSA) is 49.3 Å². The zero-order valence-electron chi connectivity index (χ0n) is 11.6. The Morgan fingerprint density at radius 3 is 2.61 bits per heavy atom. The number of hydrogen-bond acceptors (Lipinski definition) is 2. The van der Waals surface area contributed by atoms with Crippen LogP contribution in [0.2, 0.25) is 0 Å². The van der Waals surface area contributed by atoms with E-state index in [0.717, 1.165) is 32.2 Å². The summed E-state index contributed by atoms with van der Waals surface area (Å²) in [5, 5.41) is 12.7. The van der Waals surface area contributed by atoms with Crippen LogP contribution in [0.5, 0.6) is 0 Å². The number of carboxylic acid groups (broad SMARTS) is 1. The summed E-state index contributed by atoms with van der Waals surface area (Å²) in [4.78, 5) is 11.0. The van der Waals surface area contributed by atoms with Crippen molar-refractivity contribution in [1.29, 1.82) is 0 Å². The molecule has 2 aliphatic carbocycles. The van der Waals surface area contributed by atoms with Gasteiger partial charge in [-0.1, -0.05) is 32.6 Å². The third-order valence-corrected chi connectivity index (χ3v) is 4.90. The van der Waals surface area contributed by atoms with Crippen LogP contribution < -0.4 is 5.32 Å². The average Bonchev–Trinajstić information content (AvgIpc) is 2.38. The van der Waals surface area contributed by atoms with Gasteiger partial charge in [-0.05, 0) is 37.5 Å². The number of nitrogens with one attached hydrogen (secondary N) is 1. The van der Waals surface area contributed by atoms with Gasteiger partial charge in [0.2, 0.25) is 0 Å². The van der Waals surface area contributed by atoms with E-state index in [1.54, 1.807) is 0 Å². The quantitative estimate of drug-likeness (QED) is 0.809. The van der Waals surface area contributed by atoms with E-state index >= 15 is 0 Å². The molecule has 3 heteroatoms. The van der Waals surface area contributed by atoms with Crippen LogP contribution in [-0.4, -0.2) is 23.7 Å². The Morgan fingerprint density at radius 2 is 1.94 bits per heavy atom. The van der Waals surface area contributed by atoms with Gasteiger partial charge in [0, 0.05) is 12.6 Å². The van der Waals surface area contributed by atoms with E-state index in [1.165, 1.54) is 32.1 Å². The fraction of sp³-hybridized carbons (Fsp3) is 0.933. The largest absolute Gasteiger partial charge is 0.481 e. The monoisotopic (exact) mass is 253 g/mol. The smallest absolute Gasteiger partial charge is 0.306 e. The SMILES string of the molecule is CC1(CNC2CCCC(C(=O)O)C2)CCCCC1. The summed E-state index contributed by atoms with van der Waals surface area (Å²) in [5.74, 6) is -0.721. The summed E-state index contributed by atoms with van der Waals surface area (Å²) in [5.41, 5.74) is 0.453. The van der Waals surface area contributed by atoms with Crippen molar-refractivity contribution in [2.45, 2.75) is 70.8 Å². The highest BCUT2D eigenvalue weighted by Gasteiger charge is 2.30. The molecule has 2 fully saturated rings. The average molecular weight is 253 g/mol. The molecular weight excluding hydrogens is 226 g/mol. The minimum Gasteiger partial charge on any atom is -0.481 e. The van der Waals surface area contributed by atoms with Crippen LogP contribution in [-0.2, 0) is 4.79 Å². The second kappa shape index (κ2) is 6.05. The molecule has 0 amide bonds. The van der Waals surface area contributed by atoms with Crippen molar-refractivity contribution >= 4 is 5.97 Å². The van der Waals surface area contributed by atoms with E-state index in [1.807, 2.05) is 0 Å².